The van der Waals surface area contributed by atoms with Crippen molar-refractivity contribution in [1.82, 2.24) is 0 Å². The van der Waals surface area contributed by atoms with Crippen LogP contribution in [0.15, 0.2) is 121 Å². The molecule has 0 aliphatic rings. The molecule has 0 aliphatic heterocycles. The summed E-state index contributed by atoms with van der Waals surface area (Å²) in [6.45, 7) is 11.1. The number of carbonyl (C=O) groups is 3. The highest BCUT2D eigenvalue weighted by Crippen LogP contribution is 2.16. The molecular weight excluding hydrogens is 584 g/mol. The molecule has 4 aromatic rings. The number of ether oxygens (including phenoxy) is 2. The Morgan fingerprint density at radius 1 is 0.457 bits per heavy atom. The van der Waals surface area contributed by atoms with E-state index >= 15 is 0 Å². The molecule has 0 saturated heterocycles. The Hall–Kier alpha value is -4.79. The van der Waals surface area contributed by atoms with Crippen molar-refractivity contribution in [2.45, 2.75) is 72.9 Å². The number of benzene rings is 4. The molecule has 4 rings (SSSR count). The van der Waals surface area contributed by atoms with Gasteiger partial charge in [0.1, 0.15) is 12.2 Å². The highest BCUT2D eigenvalue weighted by atomic mass is 16.5. The fraction of sp³-hybridized carbons (Fsp3) is 0.289. The van der Waals surface area contributed by atoms with Gasteiger partial charge in [0.05, 0.1) is 12.2 Å². The molecule has 4 aromatic carbocycles. The van der Waals surface area contributed by atoms with Crippen molar-refractivity contribution in [2.24, 2.45) is 0 Å². The molecule has 8 nitrogen and oxygen atoms in total. The highest BCUT2D eigenvalue weighted by Gasteiger charge is 2.07. The van der Waals surface area contributed by atoms with Gasteiger partial charge < -0.3 is 24.8 Å². The van der Waals surface area contributed by atoms with Gasteiger partial charge in [0.15, 0.2) is 0 Å². The van der Waals surface area contributed by atoms with E-state index in [1.54, 1.807) is 13.8 Å². The number of esters is 2. The van der Waals surface area contributed by atoms with E-state index in [9.17, 15) is 9.59 Å². The van der Waals surface area contributed by atoms with E-state index in [0.717, 1.165) is 29.2 Å². The number of carbonyl (C=O) groups excluding carboxylic acids is 2. The third-order valence-corrected chi connectivity index (χ3v) is 5.79. The monoisotopic (exact) mass is 632 g/mol. The first-order valence-electron chi connectivity index (χ1n) is 14.8. The van der Waals surface area contributed by atoms with Gasteiger partial charge in [0.25, 0.3) is 5.97 Å². The minimum atomic E-state index is -0.833. The number of aliphatic hydroxyl groups excluding tert-OH is 2. The van der Waals surface area contributed by atoms with Crippen molar-refractivity contribution in [2.75, 3.05) is 0 Å². The molecule has 0 saturated carbocycles. The Morgan fingerprint density at radius 2 is 0.652 bits per heavy atom. The zero-order valence-electron chi connectivity index (χ0n) is 27.7. The van der Waals surface area contributed by atoms with Crippen LogP contribution in [0.3, 0.4) is 0 Å². The molecule has 0 unspecified atom stereocenters. The van der Waals surface area contributed by atoms with E-state index in [-0.39, 0.29) is 36.4 Å². The summed E-state index contributed by atoms with van der Waals surface area (Å²) in [4.78, 5) is 30.2. The zero-order chi connectivity index (χ0) is 34.9. The summed E-state index contributed by atoms with van der Waals surface area (Å²) in [6, 6.07) is 38.5. The number of aliphatic hydroxyl groups is 2. The largest absolute Gasteiger partial charge is 0.481 e. The Morgan fingerprint density at radius 3 is 0.804 bits per heavy atom. The van der Waals surface area contributed by atoms with Crippen LogP contribution in [0.4, 0.5) is 0 Å². The molecule has 0 aromatic heterocycles. The maximum absolute atomic E-state index is 10.6. The van der Waals surface area contributed by atoms with Crippen molar-refractivity contribution in [3.63, 3.8) is 0 Å². The second-order valence-electron chi connectivity index (χ2n) is 10.0. The molecular formula is C38H48O8. The SMILES string of the molecule is CC(=O)O.CC(=O)O[C@@H](C)c1ccccc1.CC(=O)O[C@H](C)c1ccccc1.C[C@H](O)c1ccccc1.C[C@H](O)c1ccccc1. The summed E-state index contributed by atoms with van der Waals surface area (Å²) in [5.41, 5.74) is 3.98. The lowest BCUT2D eigenvalue weighted by Crippen LogP contribution is -2.04. The first kappa shape index (κ1) is 41.2. The smallest absolute Gasteiger partial charge is 0.303 e. The van der Waals surface area contributed by atoms with Crippen molar-refractivity contribution in [3.8, 4) is 0 Å². The second kappa shape index (κ2) is 24.5. The van der Waals surface area contributed by atoms with Gasteiger partial charge >= 0.3 is 11.9 Å². The lowest BCUT2D eigenvalue weighted by molar-refractivity contribution is -0.146. The molecule has 46 heavy (non-hydrogen) atoms. The molecule has 0 spiro atoms. The quantitative estimate of drug-likeness (QED) is 0.181. The van der Waals surface area contributed by atoms with Crippen molar-refractivity contribution in [3.05, 3.63) is 144 Å². The van der Waals surface area contributed by atoms with Gasteiger partial charge in [-0.3, -0.25) is 14.4 Å². The predicted octanol–water partition coefficient (Wildman–Crippen LogP) is 8.19. The van der Waals surface area contributed by atoms with Crippen LogP contribution in [0.1, 0.15) is 95.1 Å². The molecule has 248 valence electrons. The normalized spacial score (nSPS) is 12.0. The molecule has 0 amide bonds. The fourth-order valence-corrected chi connectivity index (χ4v) is 3.55. The average Bonchev–Trinajstić information content (AvgIpc) is 3.03. The number of hydrogen-bond acceptors (Lipinski definition) is 7. The van der Waals surface area contributed by atoms with Crippen molar-refractivity contribution < 1.29 is 39.2 Å². The maximum Gasteiger partial charge on any atom is 0.303 e. The van der Waals surface area contributed by atoms with Gasteiger partial charge in [-0.2, -0.15) is 0 Å². The van der Waals surface area contributed by atoms with E-state index in [4.69, 9.17) is 29.6 Å². The van der Waals surface area contributed by atoms with Gasteiger partial charge in [0.2, 0.25) is 0 Å². The van der Waals surface area contributed by atoms with Gasteiger partial charge in [0, 0.05) is 20.8 Å². The first-order chi connectivity index (χ1) is 21.7. The van der Waals surface area contributed by atoms with Crippen molar-refractivity contribution in [1.29, 1.82) is 0 Å². The highest BCUT2D eigenvalue weighted by molar-refractivity contribution is 5.66. The Balaban J connectivity index is 0.000000569. The number of aliphatic carboxylic acids is 1. The number of hydrogen-bond donors (Lipinski definition) is 3. The predicted molar refractivity (Wildman–Crippen MR) is 181 cm³/mol. The van der Waals surface area contributed by atoms with E-state index in [1.807, 2.05) is 135 Å². The topological polar surface area (TPSA) is 130 Å². The van der Waals surface area contributed by atoms with Crippen LogP contribution in [0.25, 0.3) is 0 Å². The van der Waals surface area contributed by atoms with Crippen molar-refractivity contribution >= 4 is 17.9 Å². The summed E-state index contributed by atoms with van der Waals surface area (Å²) < 4.78 is 9.99. The number of carboxylic acid groups (broad SMARTS) is 1. The van der Waals surface area contributed by atoms with E-state index in [1.165, 1.54) is 13.8 Å². The fourth-order valence-electron chi connectivity index (χ4n) is 3.55. The van der Waals surface area contributed by atoms with E-state index < -0.39 is 5.97 Å². The van der Waals surface area contributed by atoms with Crippen LogP contribution >= 0.6 is 0 Å². The maximum atomic E-state index is 10.6. The second-order valence-corrected chi connectivity index (χ2v) is 10.0. The number of rotatable bonds is 6. The molecule has 8 heteroatoms. The Labute approximate surface area is 273 Å². The summed E-state index contributed by atoms with van der Waals surface area (Å²) >= 11 is 0. The van der Waals surface area contributed by atoms with Gasteiger partial charge in [-0.15, -0.1) is 0 Å². The van der Waals surface area contributed by atoms with E-state index in [2.05, 4.69) is 0 Å². The zero-order valence-corrected chi connectivity index (χ0v) is 27.7. The summed E-state index contributed by atoms with van der Waals surface area (Å²) in [5, 5.41) is 25.5. The lowest BCUT2D eigenvalue weighted by atomic mass is 10.1. The summed E-state index contributed by atoms with van der Waals surface area (Å²) in [7, 11) is 0. The van der Waals surface area contributed by atoms with E-state index in [0.29, 0.717) is 0 Å². The minimum absolute atomic E-state index is 0.149. The molecule has 0 bridgehead atoms. The average molecular weight is 633 g/mol. The van der Waals surface area contributed by atoms with Gasteiger partial charge in [-0.25, -0.2) is 0 Å². The third kappa shape index (κ3) is 21.8. The summed E-state index contributed by atoms with van der Waals surface area (Å²) in [5.74, 6) is -1.32. The molecule has 0 fully saturated rings. The van der Waals surface area contributed by atoms with Gasteiger partial charge in [-0.05, 0) is 49.9 Å². The molecule has 0 radical (unpaired) electrons. The lowest BCUT2D eigenvalue weighted by Gasteiger charge is -2.11. The van der Waals surface area contributed by atoms with Crippen LogP contribution in [-0.4, -0.2) is 33.2 Å². The summed E-state index contributed by atoms with van der Waals surface area (Å²) in [6.07, 6.45) is -0.982. The number of carboxylic acids is 1. The van der Waals surface area contributed by atoms with Crippen LogP contribution in [0.5, 0.6) is 0 Å². The minimum Gasteiger partial charge on any atom is -0.481 e. The molecule has 3 N–H and O–H groups in total. The van der Waals surface area contributed by atoms with Crippen LogP contribution in [-0.2, 0) is 23.9 Å². The standard InChI is InChI=1S/2C10H12O2.2C8H10O.C2H4O2/c2*1-8(12-9(2)11)10-6-4-3-5-7-10;2*1-7(9)8-5-3-2-4-6-8;1-2(3)4/h2*3-8H,1-2H3;2*2-7,9H,1H3;1H3,(H,3,4)/t2*8-;2*7-;/m1000./s1. The van der Waals surface area contributed by atoms with Gasteiger partial charge in [-0.1, -0.05) is 121 Å². The molecule has 0 aliphatic carbocycles. The Kier molecular flexibility index (Phi) is 22.0. The molecule has 0 heterocycles. The first-order valence-corrected chi connectivity index (χ1v) is 14.8. The van der Waals surface area contributed by atoms with Crippen LogP contribution in [0, 0.1) is 0 Å². The van der Waals surface area contributed by atoms with Crippen LogP contribution in [0.2, 0.25) is 0 Å². The third-order valence-electron chi connectivity index (χ3n) is 5.79. The molecule has 4 atom stereocenters. The Bertz CT molecular complexity index is 1240. The van der Waals surface area contributed by atoms with Crippen LogP contribution < -0.4 is 0 Å².